The summed E-state index contributed by atoms with van der Waals surface area (Å²) in [7, 11) is -3.94. The van der Waals surface area contributed by atoms with Crippen LogP contribution in [0.2, 0.25) is 20.1 Å². The Labute approximate surface area is 213 Å². The molecule has 0 saturated heterocycles. The molecule has 2 aromatic carbocycles. The molecule has 0 fully saturated rings. The maximum absolute atomic E-state index is 13.4. The SMILES string of the molecule is CCNC(=O)C(C)N(Cc1c(Cl)cccc1Cl)C(=O)CN(c1cc(Cl)ccc1Cl)S(C)(=O)=O. The lowest BCUT2D eigenvalue weighted by molar-refractivity contribution is -0.139. The minimum absolute atomic E-state index is 0.0430. The molecule has 2 amide bonds. The Morgan fingerprint density at radius 1 is 1.03 bits per heavy atom. The maximum Gasteiger partial charge on any atom is 0.244 e. The van der Waals surface area contributed by atoms with Crippen molar-refractivity contribution in [1.82, 2.24) is 10.2 Å². The van der Waals surface area contributed by atoms with Crippen LogP contribution in [0.4, 0.5) is 5.69 Å². The number of carbonyl (C=O) groups excluding carboxylic acids is 2. The highest BCUT2D eigenvalue weighted by molar-refractivity contribution is 7.92. The van der Waals surface area contributed by atoms with Gasteiger partial charge >= 0.3 is 0 Å². The normalized spacial score (nSPS) is 12.2. The van der Waals surface area contributed by atoms with Crippen molar-refractivity contribution >= 4 is 73.9 Å². The summed E-state index contributed by atoms with van der Waals surface area (Å²) in [5, 5.41) is 3.61. The third kappa shape index (κ3) is 7.13. The first-order valence-electron chi connectivity index (χ1n) is 9.79. The summed E-state index contributed by atoms with van der Waals surface area (Å²) in [6.45, 7) is 2.89. The van der Waals surface area contributed by atoms with E-state index in [2.05, 4.69) is 5.32 Å². The van der Waals surface area contributed by atoms with Crippen molar-refractivity contribution in [1.29, 1.82) is 0 Å². The van der Waals surface area contributed by atoms with Crippen LogP contribution < -0.4 is 9.62 Å². The van der Waals surface area contributed by atoms with E-state index < -0.39 is 34.4 Å². The summed E-state index contributed by atoms with van der Waals surface area (Å²) in [6, 6.07) is 8.20. The number of anilines is 1. The molecular formula is C21H23Cl4N3O4S. The van der Waals surface area contributed by atoms with Crippen LogP contribution in [0.1, 0.15) is 19.4 Å². The Morgan fingerprint density at radius 2 is 1.64 bits per heavy atom. The molecule has 0 aliphatic heterocycles. The van der Waals surface area contributed by atoms with E-state index in [9.17, 15) is 18.0 Å². The number of nitrogens with one attached hydrogen (secondary N) is 1. The topological polar surface area (TPSA) is 86.8 Å². The number of halogens is 4. The predicted octanol–water partition coefficient (Wildman–Crippen LogP) is 4.62. The molecule has 0 aliphatic carbocycles. The average Bonchev–Trinajstić information content (AvgIpc) is 2.72. The summed E-state index contributed by atoms with van der Waals surface area (Å²) in [6.07, 6.45) is 0.944. The number of nitrogens with zero attached hydrogens (tertiary/aromatic N) is 2. The summed E-state index contributed by atoms with van der Waals surface area (Å²) in [5.74, 6) is -1.08. The van der Waals surface area contributed by atoms with E-state index in [1.165, 1.54) is 30.0 Å². The standard InChI is InChI=1S/C21H23Cl4N3O4S/c1-4-26-21(30)13(2)27(11-15-16(23)6-5-7-17(15)24)20(29)12-28(33(3,31)32)19-10-14(22)8-9-18(19)25/h5-10,13H,4,11-12H2,1-3H3,(H,26,30). The highest BCUT2D eigenvalue weighted by Crippen LogP contribution is 2.31. The second-order valence-corrected chi connectivity index (χ2v) is 10.7. The van der Waals surface area contributed by atoms with E-state index in [1.54, 1.807) is 25.1 Å². The van der Waals surface area contributed by atoms with Crippen LogP contribution in [0.15, 0.2) is 36.4 Å². The van der Waals surface area contributed by atoms with Gasteiger partial charge in [0.1, 0.15) is 12.6 Å². The van der Waals surface area contributed by atoms with Crippen LogP contribution >= 0.6 is 46.4 Å². The van der Waals surface area contributed by atoms with E-state index in [0.29, 0.717) is 22.2 Å². The molecule has 1 atom stereocenters. The van der Waals surface area contributed by atoms with Crippen LogP contribution in [-0.2, 0) is 26.2 Å². The van der Waals surface area contributed by atoms with Crippen LogP contribution in [0.5, 0.6) is 0 Å². The molecule has 0 saturated carbocycles. The summed E-state index contributed by atoms with van der Waals surface area (Å²) in [4.78, 5) is 27.2. The van der Waals surface area contributed by atoms with Gasteiger partial charge in [0.05, 0.1) is 17.0 Å². The first-order chi connectivity index (χ1) is 15.4. The van der Waals surface area contributed by atoms with E-state index in [-0.39, 0.29) is 22.3 Å². The molecule has 0 bridgehead atoms. The molecule has 12 heteroatoms. The molecule has 33 heavy (non-hydrogen) atoms. The van der Waals surface area contributed by atoms with Crippen molar-refractivity contribution in [2.45, 2.75) is 26.4 Å². The minimum Gasteiger partial charge on any atom is -0.355 e. The highest BCUT2D eigenvalue weighted by atomic mass is 35.5. The first-order valence-corrected chi connectivity index (χ1v) is 13.2. The first kappa shape index (κ1) is 27.5. The molecule has 1 N–H and O–H groups in total. The third-order valence-electron chi connectivity index (χ3n) is 4.76. The van der Waals surface area contributed by atoms with Gasteiger partial charge in [0.25, 0.3) is 0 Å². The second-order valence-electron chi connectivity index (χ2n) is 7.16. The van der Waals surface area contributed by atoms with Gasteiger partial charge in [0.15, 0.2) is 0 Å². The van der Waals surface area contributed by atoms with E-state index in [1.807, 2.05) is 0 Å². The summed E-state index contributed by atoms with van der Waals surface area (Å²) >= 11 is 24.8. The van der Waals surface area contributed by atoms with Gasteiger partial charge in [-0.15, -0.1) is 0 Å². The maximum atomic E-state index is 13.4. The average molecular weight is 555 g/mol. The van der Waals surface area contributed by atoms with Crippen LogP contribution in [0.25, 0.3) is 0 Å². The number of likely N-dealkylation sites (N-methyl/N-ethyl adjacent to an activating group) is 1. The largest absolute Gasteiger partial charge is 0.355 e. The molecule has 180 valence electrons. The van der Waals surface area contributed by atoms with E-state index in [0.717, 1.165) is 10.6 Å². The van der Waals surface area contributed by atoms with Gasteiger partial charge in [-0.3, -0.25) is 13.9 Å². The molecule has 7 nitrogen and oxygen atoms in total. The molecule has 2 rings (SSSR count). The Kier molecular flexibility index (Phi) is 9.70. The highest BCUT2D eigenvalue weighted by Gasteiger charge is 2.31. The van der Waals surface area contributed by atoms with Gasteiger partial charge in [0.2, 0.25) is 21.8 Å². The lowest BCUT2D eigenvalue weighted by Gasteiger charge is -2.32. The molecule has 0 aliphatic rings. The van der Waals surface area contributed by atoms with Crippen molar-refractivity contribution < 1.29 is 18.0 Å². The van der Waals surface area contributed by atoms with Crippen LogP contribution in [-0.4, -0.2) is 50.5 Å². The van der Waals surface area contributed by atoms with Gasteiger partial charge in [-0.05, 0) is 44.2 Å². The molecule has 2 aromatic rings. The number of carbonyl (C=O) groups is 2. The van der Waals surface area contributed by atoms with Crippen molar-refractivity contribution in [3.8, 4) is 0 Å². The fourth-order valence-electron chi connectivity index (χ4n) is 3.03. The molecule has 1 unspecified atom stereocenters. The van der Waals surface area contributed by atoms with Gasteiger partial charge in [-0.1, -0.05) is 52.5 Å². The second kappa shape index (κ2) is 11.6. The van der Waals surface area contributed by atoms with Gasteiger partial charge in [-0.25, -0.2) is 8.42 Å². The zero-order chi connectivity index (χ0) is 24.9. The quantitative estimate of drug-likeness (QED) is 0.490. The van der Waals surface area contributed by atoms with Crippen molar-refractivity contribution in [2.75, 3.05) is 23.7 Å². The third-order valence-corrected chi connectivity index (χ3v) is 7.15. The number of benzene rings is 2. The van der Waals surface area contributed by atoms with Gasteiger partial charge in [-0.2, -0.15) is 0 Å². The minimum atomic E-state index is -3.94. The van der Waals surface area contributed by atoms with Crippen molar-refractivity contribution in [3.05, 3.63) is 62.1 Å². The van der Waals surface area contributed by atoms with E-state index in [4.69, 9.17) is 46.4 Å². The Morgan fingerprint density at radius 3 is 2.18 bits per heavy atom. The molecule has 0 aromatic heterocycles. The number of amides is 2. The predicted molar refractivity (Wildman–Crippen MR) is 134 cm³/mol. The monoisotopic (exact) mass is 553 g/mol. The Bertz CT molecular complexity index is 1120. The number of hydrogen-bond donors (Lipinski definition) is 1. The Balaban J connectivity index is 2.49. The van der Waals surface area contributed by atoms with E-state index >= 15 is 0 Å². The number of sulfonamides is 1. The molecule has 0 radical (unpaired) electrons. The zero-order valence-corrected chi connectivity index (χ0v) is 22.0. The van der Waals surface area contributed by atoms with Crippen molar-refractivity contribution in [3.63, 3.8) is 0 Å². The molecule has 0 heterocycles. The lowest BCUT2D eigenvalue weighted by atomic mass is 10.1. The summed E-state index contributed by atoms with van der Waals surface area (Å²) < 4.78 is 26.0. The van der Waals surface area contributed by atoms with Crippen LogP contribution in [0, 0.1) is 0 Å². The van der Waals surface area contributed by atoms with Crippen LogP contribution in [0.3, 0.4) is 0 Å². The smallest absolute Gasteiger partial charge is 0.244 e. The number of rotatable bonds is 9. The van der Waals surface area contributed by atoms with Gasteiger partial charge in [0, 0.05) is 33.7 Å². The fourth-order valence-corrected chi connectivity index (χ4v) is 4.84. The fraction of sp³-hybridized carbons (Fsp3) is 0.333. The molecular weight excluding hydrogens is 532 g/mol. The van der Waals surface area contributed by atoms with Gasteiger partial charge < -0.3 is 10.2 Å². The zero-order valence-electron chi connectivity index (χ0n) is 18.1. The number of hydrogen-bond acceptors (Lipinski definition) is 4. The Hall–Kier alpha value is -1.71. The van der Waals surface area contributed by atoms with Crippen molar-refractivity contribution in [2.24, 2.45) is 0 Å². The lowest BCUT2D eigenvalue weighted by Crippen LogP contribution is -2.51. The molecule has 0 spiro atoms. The summed E-state index contributed by atoms with van der Waals surface area (Å²) in [5.41, 5.74) is 0.471.